The zero-order chi connectivity index (χ0) is 31.7. The number of anilines is 1. The minimum Gasteiger partial charge on any atom is -0.495 e. The highest BCUT2D eigenvalue weighted by Gasteiger charge is 2.64. The SMILES string of the molecule is COc1cc(OC2C(C)(C)C(NC(=O)c3ccc(N4CCC(CN5CCC(O)CC5)(OC)CC4)cc3)C2(C)C)ccc1C#N. The zero-order valence-corrected chi connectivity index (χ0v) is 27.1. The zero-order valence-electron chi connectivity index (χ0n) is 27.1. The number of nitrogens with one attached hydrogen (secondary N) is 1. The first-order valence-electron chi connectivity index (χ1n) is 15.8. The summed E-state index contributed by atoms with van der Waals surface area (Å²) in [7, 11) is 3.36. The summed E-state index contributed by atoms with van der Waals surface area (Å²) < 4.78 is 17.9. The quantitative estimate of drug-likeness (QED) is 0.427. The molecule has 1 saturated carbocycles. The van der Waals surface area contributed by atoms with E-state index in [0.29, 0.717) is 22.6 Å². The fourth-order valence-electron chi connectivity index (χ4n) is 7.90. The van der Waals surface area contributed by atoms with Crippen molar-refractivity contribution < 1.29 is 24.1 Å². The Kier molecular flexibility index (Phi) is 9.18. The Balaban J connectivity index is 1.17. The highest BCUT2D eigenvalue weighted by atomic mass is 16.5. The number of aliphatic hydroxyl groups is 1. The summed E-state index contributed by atoms with van der Waals surface area (Å²) in [5, 5.41) is 22.4. The number of likely N-dealkylation sites (tertiary alicyclic amines) is 1. The number of nitrogens with zero attached hydrogens (tertiary/aromatic N) is 3. The van der Waals surface area contributed by atoms with Gasteiger partial charge < -0.3 is 34.4 Å². The minimum atomic E-state index is -0.324. The van der Waals surface area contributed by atoms with Crippen LogP contribution in [0.25, 0.3) is 0 Å². The molecular formula is C35H48N4O5. The summed E-state index contributed by atoms with van der Waals surface area (Å²) in [4.78, 5) is 18.2. The predicted octanol–water partition coefficient (Wildman–Crippen LogP) is 4.62. The fraction of sp³-hybridized carbons (Fsp3) is 0.600. The van der Waals surface area contributed by atoms with Crippen molar-refractivity contribution in [3.63, 3.8) is 0 Å². The summed E-state index contributed by atoms with van der Waals surface area (Å²) in [6.45, 7) is 13.0. The number of amides is 1. The number of carbonyl (C=O) groups excluding carboxylic acids is 1. The van der Waals surface area contributed by atoms with Crippen molar-refractivity contribution in [3.8, 4) is 17.6 Å². The first-order chi connectivity index (χ1) is 20.9. The van der Waals surface area contributed by atoms with Gasteiger partial charge in [0.05, 0.1) is 24.4 Å². The maximum atomic E-state index is 13.4. The van der Waals surface area contributed by atoms with Gasteiger partial charge >= 0.3 is 0 Å². The van der Waals surface area contributed by atoms with Crippen LogP contribution in [-0.4, -0.2) is 86.7 Å². The lowest BCUT2D eigenvalue weighted by Gasteiger charge is -2.63. The van der Waals surface area contributed by atoms with Crippen LogP contribution in [0.15, 0.2) is 42.5 Å². The van der Waals surface area contributed by atoms with Gasteiger partial charge in [0, 0.05) is 74.0 Å². The van der Waals surface area contributed by atoms with Crippen LogP contribution in [-0.2, 0) is 4.74 Å². The fourth-order valence-corrected chi connectivity index (χ4v) is 7.90. The highest BCUT2D eigenvalue weighted by Crippen LogP contribution is 2.55. The molecule has 9 nitrogen and oxygen atoms in total. The first kappa shape index (κ1) is 32.1. The maximum Gasteiger partial charge on any atom is 0.251 e. The van der Waals surface area contributed by atoms with Crippen LogP contribution in [0.1, 0.15) is 69.3 Å². The predicted molar refractivity (Wildman–Crippen MR) is 170 cm³/mol. The molecule has 0 spiro atoms. The van der Waals surface area contributed by atoms with E-state index < -0.39 is 0 Å². The first-order valence-corrected chi connectivity index (χ1v) is 15.8. The number of aliphatic hydroxyl groups excluding tert-OH is 1. The van der Waals surface area contributed by atoms with Gasteiger partial charge in [-0.3, -0.25) is 4.79 Å². The molecule has 3 fully saturated rings. The van der Waals surface area contributed by atoms with Crippen molar-refractivity contribution in [3.05, 3.63) is 53.6 Å². The number of nitriles is 1. The van der Waals surface area contributed by atoms with Crippen molar-refractivity contribution in [2.24, 2.45) is 10.8 Å². The molecule has 0 bridgehead atoms. The van der Waals surface area contributed by atoms with E-state index in [9.17, 15) is 15.2 Å². The number of ether oxygens (including phenoxy) is 3. The van der Waals surface area contributed by atoms with Crippen molar-refractivity contribution in [1.82, 2.24) is 10.2 Å². The van der Waals surface area contributed by atoms with Gasteiger partial charge in [-0.2, -0.15) is 5.26 Å². The van der Waals surface area contributed by atoms with E-state index >= 15 is 0 Å². The Morgan fingerprint density at radius 2 is 1.64 bits per heavy atom. The molecule has 2 heterocycles. The highest BCUT2D eigenvalue weighted by molar-refractivity contribution is 5.95. The molecule has 2 aromatic rings. The van der Waals surface area contributed by atoms with Gasteiger partial charge in [-0.05, 0) is 62.1 Å². The molecule has 1 aliphatic carbocycles. The van der Waals surface area contributed by atoms with Crippen LogP contribution < -0.4 is 19.7 Å². The van der Waals surface area contributed by atoms with E-state index in [1.165, 1.54) is 0 Å². The van der Waals surface area contributed by atoms with E-state index in [4.69, 9.17) is 14.2 Å². The normalized spacial score (nSPS) is 24.5. The molecule has 3 aliphatic rings. The summed E-state index contributed by atoms with van der Waals surface area (Å²) in [6.07, 6.45) is 3.23. The van der Waals surface area contributed by atoms with E-state index in [1.807, 2.05) is 31.4 Å². The van der Waals surface area contributed by atoms with Gasteiger partial charge in [-0.25, -0.2) is 0 Å². The molecule has 2 aromatic carbocycles. The minimum absolute atomic E-state index is 0.0927. The number of piperidine rings is 2. The Morgan fingerprint density at radius 3 is 2.20 bits per heavy atom. The van der Waals surface area contributed by atoms with Gasteiger partial charge in [0.25, 0.3) is 5.91 Å². The van der Waals surface area contributed by atoms with Gasteiger partial charge in [-0.1, -0.05) is 27.7 Å². The van der Waals surface area contributed by atoms with Crippen LogP contribution in [0, 0.1) is 22.2 Å². The van der Waals surface area contributed by atoms with E-state index in [-0.39, 0.29) is 40.6 Å². The number of hydrogen-bond acceptors (Lipinski definition) is 8. The van der Waals surface area contributed by atoms with Crippen molar-refractivity contribution in [2.75, 3.05) is 51.8 Å². The van der Waals surface area contributed by atoms with Crippen LogP contribution in [0.2, 0.25) is 0 Å². The lowest BCUT2D eigenvalue weighted by molar-refractivity contribution is -0.164. The second-order valence-corrected chi connectivity index (χ2v) is 13.9. The van der Waals surface area contributed by atoms with Crippen molar-refractivity contribution >= 4 is 11.6 Å². The van der Waals surface area contributed by atoms with Gasteiger partial charge in [-0.15, -0.1) is 0 Å². The lowest BCUT2D eigenvalue weighted by Crippen LogP contribution is -2.74. The molecule has 2 saturated heterocycles. The Bertz CT molecular complexity index is 1340. The molecule has 1 amide bonds. The Hall–Kier alpha value is -3.32. The number of carbonyl (C=O) groups is 1. The van der Waals surface area contributed by atoms with Gasteiger partial charge in [0.2, 0.25) is 0 Å². The Morgan fingerprint density at radius 1 is 1.00 bits per heavy atom. The number of benzene rings is 2. The van der Waals surface area contributed by atoms with E-state index in [0.717, 1.165) is 64.1 Å². The second-order valence-electron chi connectivity index (χ2n) is 13.9. The molecule has 2 N–H and O–H groups in total. The number of rotatable bonds is 9. The topological polar surface area (TPSA) is 107 Å². The average molecular weight is 605 g/mol. The van der Waals surface area contributed by atoms with Crippen molar-refractivity contribution in [2.45, 2.75) is 77.2 Å². The molecule has 5 rings (SSSR count). The summed E-state index contributed by atoms with van der Waals surface area (Å²) in [5.41, 5.74) is 1.40. The summed E-state index contributed by atoms with van der Waals surface area (Å²) in [6, 6.07) is 15.2. The monoisotopic (exact) mass is 604 g/mol. The van der Waals surface area contributed by atoms with E-state index in [2.05, 4.69) is 48.9 Å². The van der Waals surface area contributed by atoms with E-state index in [1.54, 1.807) is 25.3 Å². The third-order valence-corrected chi connectivity index (χ3v) is 10.3. The molecule has 238 valence electrons. The average Bonchev–Trinajstić information content (AvgIpc) is 3.03. The third kappa shape index (κ3) is 6.26. The van der Waals surface area contributed by atoms with Crippen molar-refractivity contribution in [1.29, 1.82) is 5.26 Å². The maximum absolute atomic E-state index is 13.4. The second kappa shape index (κ2) is 12.6. The molecule has 0 atom stereocenters. The third-order valence-electron chi connectivity index (χ3n) is 10.3. The van der Waals surface area contributed by atoms with Gasteiger partial charge in [0.15, 0.2) is 0 Å². The molecule has 0 unspecified atom stereocenters. The van der Waals surface area contributed by atoms with Crippen LogP contribution in [0.3, 0.4) is 0 Å². The van der Waals surface area contributed by atoms with Crippen LogP contribution in [0.4, 0.5) is 5.69 Å². The largest absolute Gasteiger partial charge is 0.495 e. The summed E-state index contributed by atoms with van der Waals surface area (Å²) in [5.74, 6) is 1.03. The molecule has 44 heavy (non-hydrogen) atoms. The molecule has 9 heteroatoms. The van der Waals surface area contributed by atoms with Gasteiger partial charge in [0.1, 0.15) is 23.7 Å². The molecule has 2 aliphatic heterocycles. The smallest absolute Gasteiger partial charge is 0.251 e. The molecule has 0 radical (unpaired) electrons. The number of methoxy groups -OCH3 is 2. The summed E-state index contributed by atoms with van der Waals surface area (Å²) >= 11 is 0. The Labute approximate surface area is 262 Å². The molecular weight excluding hydrogens is 556 g/mol. The van der Waals surface area contributed by atoms with Crippen LogP contribution in [0.5, 0.6) is 11.5 Å². The number of hydrogen-bond donors (Lipinski definition) is 2. The standard InChI is InChI=1S/C35H48N4O5/c1-33(2)31(34(3,4)32(33)44-28-12-9-25(22-36)29(21-28)42-5)37-30(41)24-7-10-26(11-8-24)39-19-15-35(43-6,16-20-39)23-38-17-13-27(40)14-18-38/h7-12,21,27,31-32,40H,13-20,23H2,1-6H3,(H,37,41). The van der Waals surface area contributed by atoms with Crippen LogP contribution >= 0.6 is 0 Å². The molecule has 0 aromatic heterocycles. The lowest BCUT2D eigenvalue weighted by atomic mass is 9.49.